The van der Waals surface area contributed by atoms with Gasteiger partial charge in [0.2, 0.25) is 17.1 Å². The summed E-state index contributed by atoms with van der Waals surface area (Å²) in [5.74, 6) is -0.385. The Bertz CT molecular complexity index is 2360. The number of esters is 1. The Morgan fingerprint density at radius 1 is 0.633 bits per heavy atom. The van der Waals surface area contributed by atoms with Crippen LogP contribution >= 0.6 is 0 Å². The summed E-state index contributed by atoms with van der Waals surface area (Å²) in [6.07, 6.45) is 4.20. The minimum atomic E-state index is -0.385. The molecule has 4 aromatic carbocycles. The van der Waals surface area contributed by atoms with Crippen molar-refractivity contribution in [2.24, 2.45) is 14.1 Å². The maximum absolute atomic E-state index is 13.9. The summed E-state index contributed by atoms with van der Waals surface area (Å²) < 4.78 is 12.0. The number of ether oxygens (including phenoxy) is 1. The molecule has 3 aromatic heterocycles. The predicted molar refractivity (Wildman–Crippen MR) is 195 cm³/mol. The third-order valence-electron chi connectivity index (χ3n) is 9.49. The van der Waals surface area contributed by atoms with Gasteiger partial charge in [-0.25, -0.2) is 13.9 Å². The number of benzene rings is 4. The Morgan fingerprint density at radius 3 is 2.12 bits per heavy atom. The van der Waals surface area contributed by atoms with Crippen LogP contribution in [0.5, 0.6) is 0 Å². The first kappa shape index (κ1) is 31.6. The van der Waals surface area contributed by atoms with E-state index >= 15 is 0 Å². The zero-order chi connectivity index (χ0) is 34.1. The van der Waals surface area contributed by atoms with Gasteiger partial charge in [-0.05, 0) is 66.3 Å². The third-order valence-corrected chi connectivity index (χ3v) is 9.49. The van der Waals surface area contributed by atoms with Crippen LogP contribution in [-0.4, -0.2) is 13.1 Å². The maximum atomic E-state index is 13.9. The van der Waals surface area contributed by atoms with E-state index in [1.165, 1.54) is 18.1 Å². The molecule has 5 nitrogen and oxygen atoms in total. The highest BCUT2D eigenvalue weighted by molar-refractivity contribution is 5.94. The zero-order valence-electron chi connectivity index (χ0n) is 28.6. The summed E-state index contributed by atoms with van der Waals surface area (Å²) in [6.45, 7) is 4.63. The first-order valence-electron chi connectivity index (χ1n) is 16.6. The van der Waals surface area contributed by atoms with Crippen molar-refractivity contribution in [3.8, 4) is 44.9 Å². The molecular formula is C44H40N3O2+3. The molecular weight excluding hydrogens is 603 g/mol. The molecule has 0 N–H and O–H groups in total. The number of rotatable bonds is 7. The van der Waals surface area contributed by atoms with E-state index in [4.69, 9.17) is 4.74 Å². The summed E-state index contributed by atoms with van der Waals surface area (Å²) in [4.78, 5) is 13.9. The highest BCUT2D eigenvalue weighted by Gasteiger charge is 2.32. The van der Waals surface area contributed by atoms with E-state index in [1.807, 2.05) is 12.1 Å². The molecule has 7 aromatic rings. The lowest BCUT2D eigenvalue weighted by atomic mass is 9.92. The Balaban J connectivity index is 1.57. The lowest BCUT2D eigenvalue weighted by Crippen LogP contribution is -2.44. The molecule has 0 amide bonds. The third kappa shape index (κ3) is 6.00. The van der Waals surface area contributed by atoms with Crippen molar-refractivity contribution in [2.75, 3.05) is 7.11 Å². The largest absolute Gasteiger partial charge is 0.461 e. The topological polar surface area (TPSA) is 37.9 Å². The van der Waals surface area contributed by atoms with Gasteiger partial charge in [-0.3, -0.25) is 0 Å². The van der Waals surface area contributed by atoms with Crippen molar-refractivity contribution in [2.45, 2.75) is 20.4 Å². The van der Waals surface area contributed by atoms with Gasteiger partial charge in [0.25, 0.3) is 5.69 Å². The Morgan fingerprint density at radius 2 is 1.35 bits per heavy atom. The second-order valence-corrected chi connectivity index (χ2v) is 12.7. The van der Waals surface area contributed by atoms with Crippen LogP contribution in [0.25, 0.3) is 55.7 Å². The average molecular weight is 643 g/mol. The monoisotopic (exact) mass is 642 g/mol. The number of carbonyl (C=O) groups is 1. The number of aryl methyl sites for hydroxylation is 4. The average Bonchev–Trinajstić information content (AvgIpc) is 3.12. The maximum Gasteiger partial charge on any atom is 0.403 e. The normalized spacial score (nSPS) is 11.1. The number of aromatic nitrogens is 3. The molecule has 7 rings (SSSR count). The first-order valence-corrected chi connectivity index (χ1v) is 16.6. The highest BCUT2D eigenvalue weighted by Crippen LogP contribution is 2.35. The van der Waals surface area contributed by atoms with E-state index in [0.717, 1.165) is 61.4 Å². The molecule has 0 bridgehead atoms. The van der Waals surface area contributed by atoms with E-state index in [-0.39, 0.29) is 5.97 Å². The summed E-state index contributed by atoms with van der Waals surface area (Å²) in [5, 5.41) is 2.33. The van der Waals surface area contributed by atoms with Gasteiger partial charge in [0.05, 0.1) is 23.6 Å². The number of carbonyl (C=O) groups excluding carboxylic acids is 1. The summed E-state index contributed by atoms with van der Waals surface area (Å²) >= 11 is 0. The smallest absolute Gasteiger partial charge is 0.403 e. The molecule has 0 aliphatic carbocycles. The summed E-state index contributed by atoms with van der Waals surface area (Å²) in [5.41, 5.74) is 12.3. The molecule has 0 radical (unpaired) electrons. The van der Waals surface area contributed by atoms with E-state index in [1.54, 1.807) is 0 Å². The van der Waals surface area contributed by atoms with Gasteiger partial charge in [0.15, 0.2) is 18.9 Å². The fourth-order valence-corrected chi connectivity index (χ4v) is 6.89. The second kappa shape index (κ2) is 13.3. The van der Waals surface area contributed by atoms with Crippen molar-refractivity contribution in [3.05, 3.63) is 162 Å². The molecule has 0 saturated heterocycles. The lowest BCUT2D eigenvalue weighted by molar-refractivity contribution is -0.680. The van der Waals surface area contributed by atoms with Crippen LogP contribution in [0, 0.1) is 13.8 Å². The molecule has 0 saturated carbocycles. The molecule has 0 atom stereocenters. The molecule has 0 aliphatic heterocycles. The van der Waals surface area contributed by atoms with Crippen LogP contribution in [0.3, 0.4) is 0 Å². The number of pyridine rings is 3. The number of nitrogens with zero attached hydrogens (tertiary/aromatic N) is 3. The van der Waals surface area contributed by atoms with E-state index in [9.17, 15) is 4.79 Å². The van der Waals surface area contributed by atoms with Crippen LogP contribution in [0.4, 0.5) is 0 Å². The van der Waals surface area contributed by atoms with Crippen molar-refractivity contribution >= 4 is 16.7 Å². The minimum Gasteiger partial charge on any atom is -0.461 e. The molecule has 49 heavy (non-hydrogen) atoms. The second-order valence-electron chi connectivity index (χ2n) is 12.7. The zero-order valence-corrected chi connectivity index (χ0v) is 28.6. The van der Waals surface area contributed by atoms with Crippen LogP contribution < -0.4 is 13.7 Å². The molecule has 0 spiro atoms. The molecule has 0 unspecified atom stereocenters. The molecule has 240 valence electrons. The molecule has 0 fully saturated rings. The fraction of sp³-hybridized carbons (Fsp3) is 0.136. The quantitative estimate of drug-likeness (QED) is 0.131. The number of methoxy groups -OCH3 is 1. The molecule has 3 heterocycles. The predicted octanol–water partition coefficient (Wildman–Crippen LogP) is 7.90. The number of fused-ring (bicyclic) bond motifs is 1. The van der Waals surface area contributed by atoms with Crippen LogP contribution in [0.1, 0.15) is 27.2 Å². The first-order chi connectivity index (χ1) is 23.8. The fourth-order valence-electron chi connectivity index (χ4n) is 6.89. The summed E-state index contributed by atoms with van der Waals surface area (Å²) in [7, 11) is 5.63. The standard InChI is InChI=1S/C44H40N3O2/c1-30-20-22-32(23-21-30)34-27-41(35-15-8-6-13-31(35)2)47(42(28-34)44(48)49-5)29-39-37(40-19-10-11-25-45(40)3)17-12-18-38(39)43-36-16-9-7-14-33(36)24-26-46(43)4/h6-28H,29H2,1-5H3/q+3. The number of hydrogen-bond donors (Lipinski definition) is 0. The van der Waals surface area contributed by atoms with Gasteiger partial charge in [-0.1, -0.05) is 72.3 Å². The Labute approximate surface area is 288 Å². The lowest BCUT2D eigenvalue weighted by Gasteiger charge is -2.16. The van der Waals surface area contributed by atoms with Crippen molar-refractivity contribution < 1.29 is 23.2 Å². The van der Waals surface area contributed by atoms with Crippen LogP contribution in [-0.2, 0) is 25.4 Å². The highest BCUT2D eigenvalue weighted by atomic mass is 16.5. The van der Waals surface area contributed by atoms with Gasteiger partial charge in [0, 0.05) is 41.5 Å². The van der Waals surface area contributed by atoms with Crippen LogP contribution in [0.2, 0.25) is 0 Å². The van der Waals surface area contributed by atoms with Gasteiger partial charge >= 0.3 is 5.97 Å². The molecule has 5 heteroatoms. The van der Waals surface area contributed by atoms with E-state index in [0.29, 0.717) is 12.2 Å². The van der Waals surface area contributed by atoms with Crippen LogP contribution in [0.15, 0.2) is 140 Å². The van der Waals surface area contributed by atoms with Crippen molar-refractivity contribution in [1.29, 1.82) is 0 Å². The van der Waals surface area contributed by atoms with Gasteiger partial charge in [-0.2, -0.15) is 4.57 Å². The summed E-state index contributed by atoms with van der Waals surface area (Å²) in [6, 6.07) is 44.5. The van der Waals surface area contributed by atoms with Gasteiger partial charge < -0.3 is 4.74 Å². The van der Waals surface area contributed by atoms with E-state index in [2.05, 4.69) is 169 Å². The SMILES string of the molecule is COC(=O)c1cc(-c2ccc(C)cc2)cc(-c2ccccc2C)[n+]1Cc1c(-c2cccc[n+]2C)cccc1-c1c2ccccc2cc[n+]1C. The minimum absolute atomic E-state index is 0.385. The van der Waals surface area contributed by atoms with Gasteiger partial charge in [0.1, 0.15) is 14.1 Å². The Kier molecular flexibility index (Phi) is 8.58. The van der Waals surface area contributed by atoms with Crippen molar-refractivity contribution in [3.63, 3.8) is 0 Å². The van der Waals surface area contributed by atoms with E-state index < -0.39 is 0 Å². The van der Waals surface area contributed by atoms with Crippen molar-refractivity contribution in [1.82, 2.24) is 0 Å². The van der Waals surface area contributed by atoms with Gasteiger partial charge in [-0.15, -0.1) is 0 Å². The molecule has 0 aliphatic rings. The Hall–Kier alpha value is -5.94. The number of hydrogen-bond acceptors (Lipinski definition) is 2.